The Morgan fingerprint density at radius 3 is 1.92 bits per heavy atom. The summed E-state index contributed by atoms with van der Waals surface area (Å²) in [5.74, 6) is -1.60. The number of para-hydroxylation sites is 3. The van der Waals surface area contributed by atoms with Crippen molar-refractivity contribution in [3.8, 4) is 17.1 Å². The summed E-state index contributed by atoms with van der Waals surface area (Å²) in [6, 6.07) is 27.5. The number of carboxylic acid groups (broad SMARTS) is 1. The van der Waals surface area contributed by atoms with Gasteiger partial charge in [0, 0.05) is 29.5 Å². The summed E-state index contributed by atoms with van der Waals surface area (Å²) in [5.41, 5.74) is 1.74. The van der Waals surface area contributed by atoms with Crippen molar-refractivity contribution in [2.75, 3.05) is 0 Å². The maximum atomic E-state index is 12.5. The third-order valence-corrected chi connectivity index (χ3v) is 6.97. The molecule has 6 rings (SSSR count). The summed E-state index contributed by atoms with van der Waals surface area (Å²) in [6.45, 7) is 3.38. The molecule has 0 bridgehead atoms. The van der Waals surface area contributed by atoms with Gasteiger partial charge in [0.1, 0.15) is 11.4 Å². The Kier molecular flexibility index (Phi) is 13.5. The van der Waals surface area contributed by atoms with Crippen LogP contribution in [0.1, 0.15) is 21.7 Å². The average Bonchev–Trinajstić information content (AvgIpc) is 3.56. The van der Waals surface area contributed by atoms with Crippen LogP contribution < -0.4 is 40.2 Å². The minimum Gasteiger partial charge on any atom is -0.871 e. The molecule has 2 heterocycles. The molecule has 16 nitrogen and oxygen atoms in total. The number of carbonyl (C=O) groups is 1. The van der Waals surface area contributed by atoms with Crippen molar-refractivity contribution in [2.45, 2.75) is 13.8 Å². The van der Waals surface area contributed by atoms with Gasteiger partial charge >= 0.3 is 36.1 Å². The summed E-state index contributed by atoms with van der Waals surface area (Å²) in [5, 5.41) is 51.8. The molecule has 0 unspecified atom stereocenters. The molecule has 6 aromatic rings. The number of nitrogens with one attached hydrogen (secondary N) is 3. The van der Waals surface area contributed by atoms with E-state index in [4.69, 9.17) is 5.11 Å². The van der Waals surface area contributed by atoms with E-state index < -0.39 is 22.2 Å². The summed E-state index contributed by atoms with van der Waals surface area (Å²) in [7, 11) is 0. The number of aryl methyl sites for hydroxylation is 2. The summed E-state index contributed by atoms with van der Waals surface area (Å²) >= 11 is 0. The monoisotopic (exact) mass is 720 g/mol. The molecule has 51 heavy (non-hydrogen) atoms. The predicted octanol–water partition coefficient (Wildman–Crippen LogP) is 1.54. The molecule has 4 aromatic carbocycles. The smallest absolute Gasteiger partial charge is 0.871 e. The van der Waals surface area contributed by atoms with E-state index in [2.05, 4.69) is 30.7 Å². The molecular weight excluding hydrogens is 693 g/mol. The van der Waals surface area contributed by atoms with E-state index in [0.29, 0.717) is 22.8 Å². The average molecular weight is 721 g/mol. The molecule has 0 aliphatic rings. The molecule has 0 radical (unpaired) electrons. The normalized spacial score (nSPS) is 10.6. The molecule has 2 aromatic heterocycles. The molecule has 0 saturated heterocycles. The fourth-order valence-electron chi connectivity index (χ4n) is 4.52. The van der Waals surface area contributed by atoms with E-state index in [1.54, 1.807) is 68.4 Å². The van der Waals surface area contributed by atoms with Gasteiger partial charge in [-0.05, 0) is 55.4 Å². The first-order chi connectivity index (χ1) is 23.5. The number of aromatic carboxylic acids is 1. The van der Waals surface area contributed by atoms with Crippen LogP contribution in [-0.2, 0) is 17.4 Å². The van der Waals surface area contributed by atoms with Crippen LogP contribution in [0.25, 0.3) is 11.4 Å². The first kappa shape index (κ1) is 39.3. The number of carboxylic acids is 1. The number of rotatable bonds is 8. The number of nitrogens with zero attached hydrogens (tertiary/aromatic N) is 6. The fourth-order valence-corrected chi connectivity index (χ4v) is 4.52. The molecule has 4 N–H and O–H groups in total. The van der Waals surface area contributed by atoms with Crippen LogP contribution in [-0.4, -0.2) is 35.6 Å². The number of aromatic nitrogens is 4. The maximum Gasteiger partial charge on any atom is 1.00 e. The molecular formula is C33H27CrLiN9O7+. The summed E-state index contributed by atoms with van der Waals surface area (Å²) < 4.78 is 2.70. The van der Waals surface area contributed by atoms with Crippen LogP contribution in [0.4, 0.5) is 28.4 Å². The Bertz CT molecular complexity index is 2330. The van der Waals surface area contributed by atoms with Gasteiger partial charge in [0.2, 0.25) is 0 Å². The Morgan fingerprint density at radius 1 is 0.784 bits per heavy atom. The van der Waals surface area contributed by atoms with Gasteiger partial charge in [-0.25, -0.2) is 14.2 Å². The number of benzene rings is 4. The van der Waals surface area contributed by atoms with Crippen LogP contribution in [0.2, 0.25) is 0 Å². The minimum absolute atomic E-state index is 0. The number of aromatic amines is 2. The predicted molar refractivity (Wildman–Crippen MR) is 175 cm³/mol. The quantitative estimate of drug-likeness (QED) is 0.0784. The Hall–Kier alpha value is -6.10. The molecule has 0 aliphatic carbocycles. The van der Waals surface area contributed by atoms with Gasteiger partial charge in [0.05, 0.1) is 33.2 Å². The van der Waals surface area contributed by atoms with Crippen LogP contribution in [0, 0.1) is 24.0 Å². The van der Waals surface area contributed by atoms with Crippen molar-refractivity contribution >= 4 is 34.4 Å². The van der Waals surface area contributed by atoms with E-state index in [0.717, 1.165) is 18.2 Å². The molecule has 0 spiro atoms. The minimum atomic E-state index is -1.08. The number of H-pyrrole nitrogens is 2. The van der Waals surface area contributed by atoms with Crippen LogP contribution in [0.5, 0.6) is 5.75 Å². The van der Waals surface area contributed by atoms with Crippen LogP contribution in [0.15, 0.2) is 128 Å². The number of non-ortho nitro benzene ring substituents is 1. The van der Waals surface area contributed by atoms with E-state index in [1.807, 2.05) is 24.3 Å². The standard InChI is InChI=1S/C17H14N4O3.C16H13N5O4.Cr.Li/c1-11-15(16(22)21(20-11)12-7-3-2-4-8-12)19-18-14-10-6-5-9-13(14)17(23)24;1-10-15(16(23)20(19-10)11-5-3-2-4-6-11)18-17-13-9-12(21(24)25)7-8-14(13)22;;/h2-10,20H,1H3,(H,23,24);2-9,19,22H,1H3;;/q;;;+1. The second-order valence-electron chi connectivity index (χ2n) is 10.3. The Labute approximate surface area is 311 Å². The Morgan fingerprint density at radius 2 is 1.33 bits per heavy atom. The Balaban J connectivity index is 0.000000265. The molecule has 0 atom stereocenters. The molecule has 0 amide bonds. The van der Waals surface area contributed by atoms with Crippen molar-refractivity contribution in [3.63, 3.8) is 0 Å². The van der Waals surface area contributed by atoms with E-state index in [1.165, 1.54) is 15.4 Å². The molecule has 18 heteroatoms. The molecule has 0 saturated carbocycles. The van der Waals surface area contributed by atoms with Gasteiger partial charge in [0.25, 0.3) is 11.2 Å². The van der Waals surface area contributed by atoms with Crippen molar-refractivity contribution in [2.24, 2.45) is 15.3 Å². The van der Waals surface area contributed by atoms with Crippen molar-refractivity contribution in [1.82, 2.24) is 19.6 Å². The summed E-state index contributed by atoms with van der Waals surface area (Å²) in [6.07, 6.45) is 0. The molecule has 252 valence electrons. The number of hydrogen-bond donors (Lipinski definition) is 4. The van der Waals surface area contributed by atoms with Crippen molar-refractivity contribution < 1.29 is 61.3 Å². The fraction of sp³-hybridized carbons (Fsp3) is 0.0606. The van der Waals surface area contributed by atoms with Crippen molar-refractivity contribution in [1.29, 1.82) is 0 Å². The number of hydrogen-bond acceptors (Lipinski definition) is 9. The number of nitro benzene ring substituents is 1. The first-order valence-electron chi connectivity index (χ1n) is 14.5. The zero-order valence-electron chi connectivity index (χ0n) is 27.3. The first-order valence-corrected chi connectivity index (χ1v) is 14.5. The zero-order chi connectivity index (χ0) is 35.1. The molecule has 0 fully saturated rings. The van der Waals surface area contributed by atoms with Gasteiger partial charge in [-0.1, -0.05) is 65.5 Å². The van der Waals surface area contributed by atoms with Gasteiger partial charge in [0.15, 0.2) is 5.69 Å². The van der Waals surface area contributed by atoms with Gasteiger partial charge < -0.3 is 10.2 Å². The van der Waals surface area contributed by atoms with E-state index in [-0.39, 0.29) is 75.8 Å². The molecule has 0 aliphatic heterocycles. The third-order valence-electron chi connectivity index (χ3n) is 6.97. The number of nitro groups is 1. The maximum absolute atomic E-state index is 12.5. The number of azo groups is 2. The topological polar surface area (TPSA) is 230 Å². The zero-order valence-corrected chi connectivity index (χ0v) is 28.6. The van der Waals surface area contributed by atoms with Gasteiger partial charge in [-0.2, -0.15) is 5.11 Å². The second kappa shape index (κ2) is 17.5. The third kappa shape index (κ3) is 9.13. The second-order valence-corrected chi connectivity index (χ2v) is 10.3. The van der Waals surface area contributed by atoms with Crippen LogP contribution >= 0.6 is 0 Å². The van der Waals surface area contributed by atoms with Crippen molar-refractivity contribution in [3.05, 3.63) is 151 Å². The van der Waals surface area contributed by atoms with E-state index in [9.17, 15) is 29.6 Å². The SMILES string of the molecule is Cc1[nH]n(-c2ccccc2)c(=O)c1N=Nc1cc([N+](=O)[O-])ccc1[O-].Cc1[nH]n(-c2ccccc2)c(=O)c1[NH+]=Nc1ccccc1C(=O)O.[Cr].[Li+]. The largest absolute Gasteiger partial charge is 1.00 e. The summed E-state index contributed by atoms with van der Waals surface area (Å²) in [4.78, 5) is 46.3. The van der Waals surface area contributed by atoms with Gasteiger partial charge in [-0.15, -0.1) is 5.11 Å². The van der Waals surface area contributed by atoms with Crippen LogP contribution in [0.3, 0.4) is 0 Å². The van der Waals surface area contributed by atoms with E-state index >= 15 is 0 Å². The van der Waals surface area contributed by atoms with Gasteiger partial charge in [-0.3, -0.25) is 29.9 Å².